The maximum Gasteiger partial charge on any atom is 0.422 e. The highest BCUT2D eigenvalue weighted by molar-refractivity contribution is 5.84. The molecule has 2 aromatic rings. The van der Waals surface area contributed by atoms with Gasteiger partial charge >= 0.3 is 6.18 Å². The van der Waals surface area contributed by atoms with E-state index >= 15 is 0 Å². The standard InChI is InChI=1S/C20H23F3N2O3/c1-14-5-3-7-17(11-14)27-10-9-24-19(26)15(2)25-16-6-4-8-18(12-16)28-13-20(21,22)23/h3-8,11-12,15,25H,9-10,13H2,1-2H3,(H,24,26). The Labute approximate surface area is 161 Å². The van der Waals surface area contributed by atoms with Crippen LogP contribution in [-0.2, 0) is 4.79 Å². The van der Waals surface area contributed by atoms with Crippen LogP contribution in [0.2, 0.25) is 0 Å². The molecule has 0 aliphatic heterocycles. The summed E-state index contributed by atoms with van der Waals surface area (Å²) in [6, 6.07) is 13.0. The van der Waals surface area contributed by atoms with Crippen LogP contribution in [0.5, 0.6) is 11.5 Å². The molecule has 0 aliphatic rings. The van der Waals surface area contributed by atoms with Crippen molar-refractivity contribution >= 4 is 11.6 Å². The third-order valence-electron chi connectivity index (χ3n) is 3.67. The number of hydrogen-bond donors (Lipinski definition) is 2. The van der Waals surface area contributed by atoms with Gasteiger partial charge in [0.2, 0.25) is 5.91 Å². The van der Waals surface area contributed by atoms with Crippen molar-refractivity contribution in [3.63, 3.8) is 0 Å². The number of benzene rings is 2. The van der Waals surface area contributed by atoms with Crippen molar-refractivity contribution in [3.05, 3.63) is 54.1 Å². The van der Waals surface area contributed by atoms with Gasteiger partial charge in [-0.05, 0) is 43.7 Å². The van der Waals surface area contributed by atoms with Crippen molar-refractivity contribution < 1.29 is 27.4 Å². The number of aryl methyl sites for hydroxylation is 1. The van der Waals surface area contributed by atoms with E-state index in [9.17, 15) is 18.0 Å². The topological polar surface area (TPSA) is 59.6 Å². The Kier molecular flexibility index (Phi) is 7.54. The number of ether oxygens (including phenoxy) is 2. The fraction of sp³-hybridized carbons (Fsp3) is 0.350. The van der Waals surface area contributed by atoms with Gasteiger partial charge in [0.1, 0.15) is 24.1 Å². The summed E-state index contributed by atoms with van der Waals surface area (Å²) in [7, 11) is 0. The van der Waals surface area contributed by atoms with Gasteiger partial charge in [-0.15, -0.1) is 0 Å². The molecule has 28 heavy (non-hydrogen) atoms. The predicted molar refractivity (Wildman–Crippen MR) is 101 cm³/mol. The van der Waals surface area contributed by atoms with Crippen molar-refractivity contribution in [1.29, 1.82) is 0 Å². The number of nitrogens with one attached hydrogen (secondary N) is 2. The highest BCUT2D eigenvalue weighted by Crippen LogP contribution is 2.21. The molecule has 0 heterocycles. The molecule has 0 spiro atoms. The number of halogens is 3. The summed E-state index contributed by atoms with van der Waals surface area (Å²) in [6.07, 6.45) is -4.41. The zero-order chi connectivity index (χ0) is 20.6. The number of carbonyl (C=O) groups is 1. The molecule has 0 fully saturated rings. The van der Waals surface area contributed by atoms with Crippen LogP contribution in [0.1, 0.15) is 12.5 Å². The lowest BCUT2D eigenvalue weighted by molar-refractivity contribution is -0.153. The van der Waals surface area contributed by atoms with E-state index in [1.165, 1.54) is 12.1 Å². The van der Waals surface area contributed by atoms with E-state index in [0.29, 0.717) is 18.8 Å². The van der Waals surface area contributed by atoms with Crippen molar-refractivity contribution in [2.45, 2.75) is 26.1 Å². The molecule has 2 rings (SSSR count). The van der Waals surface area contributed by atoms with Gasteiger partial charge in [0.05, 0.1) is 6.54 Å². The van der Waals surface area contributed by atoms with Gasteiger partial charge in [-0.1, -0.05) is 18.2 Å². The summed E-state index contributed by atoms with van der Waals surface area (Å²) >= 11 is 0. The zero-order valence-electron chi connectivity index (χ0n) is 15.7. The first-order chi connectivity index (χ1) is 13.2. The molecule has 0 radical (unpaired) electrons. The minimum atomic E-state index is -4.41. The number of carbonyl (C=O) groups excluding carboxylic acids is 1. The van der Waals surface area contributed by atoms with Gasteiger partial charge < -0.3 is 20.1 Å². The van der Waals surface area contributed by atoms with Crippen LogP contribution in [0, 0.1) is 6.92 Å². The van der Waals surface area contributed by atoms with Gasteiger partial charge in [0, 0.05) is 11.8 Å². The third-order valence-corrected chi connectivity index (χ3v) is 3.67. The first-order valence-electron chi connectivity index (χ1n) is 8.76. The Morgan fingerprint density at radius 1 is 1.07 bits per heavy atom. The Balaban J connectivity index is 1.75. The Morgan fingerprint density at radius 2 is 1.75 bits per heavy atom. The molecule has 0 bridgehead atoms. The van der Waals surface area contributed by atoms with Crippen LogP contribution in [0.25, 0.3) is 0 Å². The molecule has 0 aromatic heterocycles. The summed E-state index contributed by atoms with van der Waals surface area (Å²) < 4.78 is 47.0. The number of rotatable bonds is 9. The predicted octanol–water partition coefficient (Wildman–Crippen LogP) is 3.93. The van der Waals surface area contributed by atoms with Gasteiger partial charge in [0.25, 0.3) is 0 Å². The lowest BCUT2D eigenvalue weighted by Gasteiger charge is -2.16. The summed E-state index contributed by atoms with van der Waals surface area (Å²) in [6.45, 7) is 2.90. The second kappa shape index (κ2) is 9.87. The van der Waals surface area contributed by atoms with E-state index in [4.69, 9.17) is 9.47 Å². The number of amides is 1. The molecule has 152 valence electrons. The van der Waals surface area contributed by atoms with E-state index in [1.54, 1.807) is 19.1 Å². The van der Waals surface area contributed by atoms with Crippen LogP contribution in [0.4, 0.5) is 18.9 Å². The zero-order valence-corrected chi connectivity index (χ0v) is 15.7. The smallest absolute Gasteiger partial charge is 0.422 e. The van der Waals surface area contributed by atoms with Crippen molar-refractivity contribution in [3.8, 4) is 11.5 Å². The van der Waals surface area contributed by atoms with E-state index in [-0.39, 0.29) is 11.7 Å². The van der Waals surface area contributed by atoms with E-state index in [1.807, 2.05) is 31.2 Å². The summed E-state index contributed by atoms with van der Waals surface area (Å²) in [4.78, 5) is 12.1. The normalized spacial score (nSPS) is 12.2. The lowest BCUT2D eigenvalue weighted by Crippen LogP contribution is -2.39. The minimum absolute atomic E-state index is 0.0708. The third kappa shape index (κ3) is 7.77. The van der Waals surface area contributed by atoms with Crippen molar-refractivity contribution in [1.82, 2.24) is 5.32 Å². The number of hydrogen-bond acceptors (Lipinski definition) is 4. The fourth-order valence-corrected chi connectivity index (χ4v) is 2.36. The molecule has 5 nitrogen and oxygen atoms in total. The molecule has 0 aliphatic carbocycles. The molecule has 2 aromatic carbocycles. The van der Waals surface area contributed by atoms with Crippen LogP contribution >= 0.6 is 0 Å². The highest BCUT2D eigenvalue weighted by Gasteiger charge is 2.28. The average Bonchev–Trinajstić information content (AvgIpc) is 2.63. The second-order valence-electron chi connectivity index (χ2n) is 6.25. The summed E-state index contributed by atoms with van der Waals surface area (Å²) in [5, 5.41) is 5.67. The summed E-state index contributed by atoms with van der Waals surface area (Å²) in [5.41, 5.74) is 1.57. The van der Waals surface area contributed by atoms with Crippen LogP contribution in [0.15, 0.2) is 48.5 Å². The maximum atomic E-state index is 12.2. The largest absolute Gasteiger partial charge is 0.492 e. The molecule has 0 saturated heterocycles. The molecule has 8 heteroatoms. The van der Waals surface area contributed by atoms with Crippen LogP contribution in [0.3, 0.4) is 0 Å². The maximum absolute atomic E-state index is 12.2. The second-order valence-corrected chi connectivity index (χ2v) is 6.25. The Bertz CT molecular complexity index is 781. The first kappa shape index (κ1) is 21.4. The molecule has 0 saturated carbocycles. The Morgan fingerprint density at radius 3 is 2.43 bits per heavy atom. The fourth-order valence-electron chi connectivity index (χ4n) is 2.36. The van der Waals surface area contributed by atoms with Crippen molar-refractivity contribution in [2.24, 2.45) is 0 Å². The molecular formula is C20H23F3N2O3. The molecule has 1 atom stereocenters. The van der Waals surface area contributed by atoms with E-state index < -0.39 is 18.8 Å². The van der Waals surface area contributed by atoms with Gasteiger partial charge in [-0.2, -0.15) is 13.2 Å². The van der Waals surface area contributed by atoms with Crippen LogP contribution < -0.4 is 20.1 Å². The molecule has 1 amide bonds. The SMILES string of the molecule is Cc1cccc(OCCNC(=O)C(C)Nc2cccc(OCC(F)(F)F)c2)c1. The number of alkyl halides is 3. The molecule has 2 N–H and O–H groups in total. The first-order valence-corrected chi connectivity index (χ1v) is 8.76. The van der Waals surface area contributed by atoms with Gasteiger partial charge in [-0.3, -0.25) is 4.79 Å². The number of anilines is 1. The van der Waals surface area contributed by atoms with E-state index in [0.717, 1.165) is 11.3 Å². The van der Waals surface area contributed by atoms with Gasteiger partial charge in [0.15, 0.2) is 6.61 Å². The monoisotopic (exact) mass is 396 g/mol. The summed E-state index contributed by atoms with van der Waals surface area (Å²) in [5.74, 6) is 0.548. The molecule has 1 unspecified atom stereocenters. The van der Waals surface area contributed by atoms with Gasteiger partial charge in [-0.25, -0.2) is 0 Å². The minimum Gasteiger partial charge on any atom is -0.492 e. The quantitative estimate of drug-likeness (QED) is 0.631. The van der Waals surface area contributed by atoms with E-state index in [2.05, 4.69) is 10.6 Å². The average molecular weight is 396 g/mol. The van der Waals surface area contributed by atoms with Crippen molar-refractivity contribution in [2.75, 3.05) is 25.1 Å². The Hall–Kier alpha value is -2.90. The highest BCUT2D eigenvalue weighted by atomic mass is 19.4. The lowest BCUT2D eigenvalue weighted by atomic mass is 10.2. The molecular weight excluding hydrogens is 373 g/mol. The van der Waals surface area contributed by atoms with Crippen LogP contribution in [-0.4, -0.2) is 37.9 Å².